The van der Waals surface area contributed by atoms with Gasteiger partial charge in [-0.15, -0.1) is 0 Å². The zero-order valence-electron chi connectivity index (χ0n) is 17.1. The van der Waals surface area contributed by atoms with Crippen molar-refractivity contribution in [2.24, 2.45) is 11.8 Å². The molecular weight excluding hydrogens is 346 g/mol. The first-order valence-corrected chi connectivity index (χ1v) is 10.9. The number of Topliss-reactive ketones (excluding diaryl/α,β-unsaturated/α-hetero) is 2. The fourth-order valence-corrected chi connectivity index (χ4v) is 5.12. The number of hydrogen-bond acceptors (Lipinski definition) is 3. The molecule has 0 radical (unpaired) electrons. The summed E-state index contributed by atoms with van der Waals surface area (Å²) in [6, 6.07) is 9.15. The van der Waals surface area contributed by atoms with Crippen LogP contribution in [0.1, 0.15) is 63.0 Å². The number of benzene rings is 1. The molecule has 1 fully saturated rings. The van der Waals surface area contributed by atoms with Crippen molar-refractivity contribution in [1.82, 2.24) is 5.32 Å². The Bertz CT molecular complexity index is 825. The highest BCUT2D eigenvalue weighted by atomic mass is 16.2. The topological polar surface area (TPSA) is 46.2 Å². The van der Waals surface area contributed by atoms with E-state index in [4.69, 9.17) is 0 Å². The van der Waals surface area contributed by atoms with E-state index in [0.717, 1.165) is 24.0 Å². The molecule has 2 atom stereocenters. The lowest BCUT2D eigenvalue weighted by atomic mass is 9.70. The van der Waals surface area contributed by atoms with Crippen molar-refractivity contribution in [3.8, 4) is 0 Å². The van der Waals surface area contributed by atoms with Crippen LogP contribution >= 0.6 is 0 Å². The standard InChI is InChI=1S/C25H31NO2/c1-3-20-23(27)15-18-12-13-22(26-19-6-4-5-7-19)21(24(18)25(20)28)14-17-10-8-16(2)9-11-17/h8-11,13,19-21,26H,3-7,12,14-15H2,1-2H3. The molecule has 28 heavy (non-hydrogen) atoms. The smallest absolute Gasteiger partial charge is 0.169 e. The van der Waals surface area contributed by atoms with Crippen molar-refractivity contribution < 1.29 is 9.59 Å². The van der Waals surface area contributed by atoms with Gasteiger partial charge < -0.3 is 5.32 Å². The maximum absolute atomic E-state index is 13.3. The molecule has 2 unspecified atom stereocenters. The van der Waals surface area contributed by atoms with Gasteiger partial charge in [0, 0.05) is 29.7 Å². The maximum atomic E-state index is 13.3. The molecule has 3 aliphatic carbocycles. The van der Waals surface area contributed by atoms with E-state index >= 15 is 0 Å². The van der Waals surface area contributed by atoms with Crippen LogP contribution in [-0.4, -0.2) is 17.6 Å². The molecule has 4 rings (SSSR count). The Kier molecular flexibility index (Phi) is 5.52. The van der Waals surface area contributed by atoms with Crippen LogP contribution in [0.2, 0.25) is 0 Å². The van der Waals surface area contributed by atoms with Gasteiger partial charge >= 0.3 is 0 Å². The molecule has 1 saturated carbocycles. The predicted octanol–water partition coefficient (Wildman–Crippen LogP) is 4.84. The van der Waals surface area contributed by atoms with Crippen molar-refractivity contribution in [1.29, 1.82) is 0 Å². The molecule has 3 aliphatic rings. The van der Waals surface area contributed by atoms with Gasteiger partial charge in [-0.2, -0.15) is 0 Å². The highest BCUT2D eigenvalue weighted by Gasteiger charge is 2.40. The third-order valence-corrected chi connectivity index (χ3v) is 6.73. The number of hydrogen-bond donors (Lipinski definition) is 1. The summed E-state index contributed by atoms with van der Waals surface area (Å²) < 4.78 is 0. The number of carbonyl (C=O) groups is 2. The van der Waals surface area contributed by atoms with Gasteiger partial charge in [0.15, 0.2) is 5.78 Å². The van der Waals surface area contributed by atoms with Crippen LogP contribution in [-0.2, 0) is 16.0 Å². The number of aryl methyl sites for hydroxylation is 1. The zero-order valence-corrected chi connectivity index (χ0v) is 17.1. The minimum absolute atomic E-state index is 0.0571. The minimum Gasteiger partial charge on any atom is -0.385 e. The molecule has 148 valence electrons. The van der Waals surface area contributed by atoms with E-state index < -0.39 is 5.92 Å². The highest BCUT2D eigenvalue weighted by Crippen LogP contribution is 2.40. The summed E-state index contributed by atoms with van der Waals surface area (Å²) in [5.74, 6) is -0.183. The normalized spacial score (nSPS) is 25.7. The Morgan fingerprint density at radius 1 is 1.04 bits per heavy atom. The molecule has 0 aromatic heterocycles. The Morgan fingerprint density at radius 2 is 1.75 bits per heavy atom. The monoisotopic (exact) mass is 377 g/mol. The van der Waals surface area contributed by atoms with E-state index in [2.05, 4.69) is 42.6 Å². The summed E-state index contributed by atoms with van der Waals surface area (Å²) in [7, 11) is 0. The van der Waals surface area contributed by atoms with E-state index in [0.29, 0.717) is 18.9 Å². The van der Waals surface area contributed by atoms with Crippen LogP contribution in [0.25, 0.3) is 0 Å². The average molecular weight is 378 g/mol. The third-order valence-electron chi connectivity index (χ3n) is 6.73. The van der Waals surface area contributed by atoms with Crippen molar-refractivity contribution >= 4 is 11.6 Å². The second kappa shape index (κ2) is 8.06. The largest absolute Gasteiger partial charge is 0.385 e. The van der Waals surface area contributed by atoms with Gasteiger partial charge in [0.2, 0.25) is 0 Å². The fraction of sp³-hybridized carbons (Fsp3) is 0.520. The summed E-state index contributed by atoms with van der Waals surface area (Å²) >= 11 is 0. The van der Waals surface area contributed by atoms with Crippen LogP contribution in [0, 0.1) is 18.8 Å². The Hall–Kier alpha value is -2.16. The quantitative estimate of drug-likeness (QED) is 0.747. The number of carbonyl (C=O) groups excluding carboxylic acids is 2. The first kappa shape index (κ1) is 19.2. The fourth-order valence-electron chi connectivity index (χ4n) is 5.12. The second-order valence-electron chi connectivity index (χ2n) is 8.72. The number of allylic oxidation sites excluding steroid dienone is 3. The lowest BCUT2D eigenvalue weighted by Crippen LogP contribution is -2.39. The molecule has 0 saturated heterocycles. The Morgan fingerprint density at radius 3 is 2.43 bits per heavy atom. The van der Waals surface area contributed by atoms with Gasteiger partial charge in [0.05, 0.1) is 5.92 Å². The van der Waals surface area contributed by atoms with Crippen molar-refractivity contribution in [3.63, 3.8) is 0 Å². The first-order valence-electron chi connectivity index (χ1n) is 10.9. The highest BCUT2D eigenvalue weighted by molar-refractivity contribution is 6.14. The van der Waals surface area contributed by atoms with E-state index in [-0.39, 0.29) is 17.5 Å². The van der Waals surface area contributed by atoms with Crippen molar-refractivity contribution in [2.75, 3.05) is 0 Å². The molecule has 0 aliphatic heterocycles. The lowest BCUT2D eigenvalue weighted by molar-refractivity contribution is -0.131. The number of ketones is 2. The van der Waals surface area contributed by atoms with Crippen LogP contribution in [0.15, 0.2) is 47.2 Å². The van der Waals surface area contributed by atoms with Crippen LogP contribution in [0.3, 0.4) is 0 Å². The molecule has 1 aromatic rings. The maximum Gasteiger partial charge on any atom is 0.169 e. The van der Waals surface area contributed by atoms with Gasteiger partial charge in [0.25, 0.3) is 0 Å². The first-order chi connectivity index (χ1) is 13.6. The Labute approximate surface area is 168 Å². The summed E-state index contributed by atoms with van der Waals surface area (Å²) in [6.45, 7) is 4.05. The molecular formula is C25H31NO2. The molecule has 3 nitrogen and oxygen atoms in total. The zero-order chi connectivity index (χ0) is 19.7. The third kappa shape index (κ3) is 3.72. The second-order valence-corrected chi connectivity index (χ2v) is 8.72. The van der Waals surface area contributed by atoms with E-state index in [1.165, 1.54) is 42.5 Å². The summed E-state index contributed by atoms with van der Waals surface area (Å²) in [4.78, 5) is 25.8. The molecule has 3 heteroatoms. The van der Waals surface area contributed by atoms with E-state index in [9.17, 15) is 9.59 Å². The molecule has 0 amide bonds. The predicted molar refractivity (Wildman–Crippen MR) is 112 cm³/mol. The van der Waals surface area contributed by atoms with Crippen LogP contribution < -0.4 is 5.32 Å². The van der Waals surface area contributed by atoms with Crippen molar-refractivity contribution in [3.05, 3.63) is 58.3 Å². The van der Waals surface area contributed by atoms with Gasteiger partial charge in [-0.25, -0.2) is 0 Å². The van der Waals surface area contributed by atoms with E-state index in [1.807, 2.05) is 6.92 Å². The molecule has 1 aromatic carbocycles. The van der Waals surface area contributed by atoms with E-state index in [1.54, 1.807) is 0 Å². The number of nitrogens with one attached hydrogen (secondary N) is 1. The molecule has 0 bridgehead atoms. The van der Waals surface area contributed by atoms with Gasteiger partial charge in [0.1, 0.15) is 5.78 Å². The molecule has 1 N–H and O–H groups in total. The molecule has 0 heterocycles. The van der Waals surface area contributed by atoms with Gasteiger partial charge in [-0.05, 0) is 44.6 Å². The molecule has 0 spiro atoms. The summed E-state index contributed by atoms with van der Waals surface area (Å²) in [5, 5.41) is 3.79. The average Bonchev–Trinajstić information content (AvgIpc) is 3.18. The van der Waals surface area contributed by atoms with Crippen LogP contribution in [0.5, 0.6) is 0 Å². The van der Waals surface area contributed by atoms with Gasteiger partial charge in [-0.3, -0.25) is 9.59 Å². The van der Waals surface area contributed by atoms with Gasteiger partial charge in [-0.1, -0.05) is 61.2 Å². The summed E-state index contributed by atoms with van der Waals surface area (Å²) in [6.07, 6.45) is 9.87. The number of rotatable bonds is 5. The van der Waals surface area contributed by atoms with Crippen LogP contribution in [0.4, 0.5) is 0 Å². The Balaban J connectivity index is 1.67. The van der Waals surface area contributed by atoms with Crippen molar-refractivity contribution in [2.45, 2.75) is 71.3 Å². The summed E-state index contributed by atoms with van der Waals surface area (Å²) in [5.41, 5.74) is 5.71. The minimum atomic E-state index is -0.440. The lowest BCUT2D eigenvalue weighted by Gasteiger charge is -2.35. The SMILES string of the molecule is CCC1C(=O)CC2=C(C1=O)C(Cc1ccc(C)cc1)C(NC1CCCC1)=CC2.